The van der Waals surface area contributed by atoms with Crippen molar-refractivity contribution in [3.8, 4) is 0 Å². The third-order valence-electron chi connectivity index (χ3n) is 5.75. The van der Waals surface area contributed by atoms with Crippen LogP contribution in [0.15, 0.2) is 71.3 Å². The van der Waals surface area contributed by atoms with Crippen LogP contribution in [0.1, 0.15) is 57.3 Å². The van der Waals surface area contributed by atoms with Crippen molar-refractivity contribution in [2.45, 2.75) is 37.8 Å². The van der Waals surface area contributed by atoms with Crippen molar-refractivity contribution in [3.05, 3.63) is 89.4 Å². The van der Waals surface area contributed by atoms with Crippen LogP contribution in [0.25, 0.3) is 0 Å². The topological polar surface area (TPSA) is 62.6 Å². The van der Waals surface area contributed by atoms with E-state index in [1.807, 2.05) is 0 Å². The number of anilines is 1. The van der Waals surface area contributed by atoms with Gasteiger partial charge in [-0.2, -0.15) is 0 Å². The highest BCUT2D eigenvalue weighted by Crippen LogP contribution is 2.42. The second-order valence-corrected chi connectivity index (χ2v) is 7.71. The Labute approximate surface area is 169 Å². The summed E-state index contributed by atoms with van der Waals surface area (Å²) in [5, 5.41) is 2.79. The first kappa shape index (κ1) is 17.7. The van der Waals surface area contributed by atoms with Crippen LogP contribution in [-0.4, -0.2) is 22.8 Å². The lowest BCUT2D eigenvalue weighted by Gasteiger charge is -2.30. The molecule has 1 heterocycles. The van der Waals surface area contributed by atoms with Crippen LogP contribution in [0.4, 0.5) is 5.69 Å². The van der Waals surface area contributed by atoms with Crippen LogP contribution >= 0.6 is 0 Å². The number of fused-ring (bicyclic) bond motifs is 1. The number of carbonyl (C=O) groups excluding carboxylic acids is 2. The molecular weight excluding hydrogens is 364 g/mol. The van der Waals surface area contributed by atoms with Crippen LogP contribution in [-0.2, 0) is 6.42 Å². The fourth-order valence-corrected chi connectivity index (χ4v) is 4.18. The van der Waals surface area contributed by atoms with Crippen molar-refractivity contribution >= 4 is 17.5 Å². The molecule has 5 nitrogen and oxygen atoms in total. The Morgan fingerprint density at radius 2 is 1.72 bits per heavy atom. The second kappa shape index (κ2) is 7.24. The number of benzene rings is 2. The van der Waals surface area contributed by atoms with E-state index in [1.165, 1.54) is 17.4 Å². The lowest BCUT2D eigenvalue weighted by Crippen LogP contribution is -2.36. The maximum Gasteiger partial charge on any atom is 0.291 e. The summed E-state index contributed by atoms with van der Waals surface area (Å²) in [4.78, 5) is 27.6. The number of nitrogens with one attached hydrogen (secondary N) is 1. The van der Waals surface area contributed by atoms with Crippen LogP contribution < -0.4 is 5.32 Å². The van der Waals surface area contributed by atoms with Gasteiger partial charge in [-0.15, -0.1) is 0 Å². The van der Waals surface area contributed by atoms with Crippen LogP contribution in [0.3, 0.4) is 0 Å². The van der Waals surface area contributed by atoms with Crippen molar-refractivity contribution in [1.29, 1.82) is 0 Å². The lowest BCUT2D eigenvalue weighted by molar-refractivity contribution is 0.0658. The molecule has 1 atom stereocenters. The maximum atomic E-state index is 13.4. The molecule has 1 N–H and O–H groups in total. The summed E-state index contributed by atoms with van der Waals surface area (Å²) in [6, 6.07) is 19.3. The predicted octanol–water partition coefficient (Wildman–Crippen LogP) is 4.82. The van der Waals surface area contributed by atoms with E-state index in [2.05, 4.69) is 34.5 Å². The molecule has 0 unspecified atom stereocenters. The van der Waals surface area contributed by atoms with Gasteiger partial charge >= 0.3 is 0 Å². The minimum absolute atomic E-state index is 0.0677. The predicted molar refractivity (Wildman–Crippen MR) is 110 cm³/mol. The second-order valence-electron chi connectivity index (χ2n) is 7.71. The fraction of sp³-hybridized carbons (Fsp3) is 0.250. The van der Waals surface area contributed by atoms with Gasteiger partial charge in [-0.1, -0.05) is 24.3 Å². The fourth-order valence-electron chi connectivity index (χ4n) is 4.18. The van der Waals surface area contributed by atoms with E-state index in [1.54, 1.807) is 36.4 Å². The highest BCUT2D eigenvalue weighted by molar-refractivity contribution is 6.02. The van der Waals surface area contributed by atoms with Gasteiger partial charge < -0.3 is 14.6 Å². The largest absolute Gasteiger partial charge is 0.459 e. The smallest absolute Gasteiger partial charge is 0.291 e. The molecule has 1 aromatic heterocycles. The summed E-state index contributed by atoms with van der Waals surface area (Å²) in [7, 11) is 0. The molecule has 0 radical (unpaired) electrons. The summed E-state index contributed by atoms with van der Waals surface area (Å²) in [5.41, 5.74) is 3.92. The Balaban J connectivity index is 1.34. The van der Waals surface area contributed by atoms with E-state index in [9.17, 15) is 9.59 Å². The molecule has 0 bridgehead atoms. The van der Waals surface area contributed by atoms with Crippen LogP contribution in [0.5, 0.6) is 0 Å². The Morgan fingerprint density at radius 3 is 2.45 bits per heavy atom. The zero-order valence-corrected chi connectivity index (χ0v) is 16.0. The zero-order valence-electron chi connectivity index (χ0n) is 16.0. The minimum Gasteiger partial charge on any atom is -0.459 e. The first-order valence-electron chi connectivity index (χ1n) is 10.1. The SMILES string of the molecule is O=C(Nc1ccc(C(=O)N(C2CC2)[C@H]2CCc3ccccc32)cc1)c1ccco1. The summed E-state index contributed by atoms with van der Waals surface area (Å²) in [6.07, 6.45) is 5.61. The number of amides is 2. The van der Waals surface area contributed by atoms with Crippen molar-refractivity contribution in [2.75, 3.05) is 5.32 Å². The van der Waals surface area contributed by atoms with Crippen molar-refractivity contribution in [1.82, 2.24) is 4.90 Å². The highest BCUT2D eigenvalue weighted by atomic mass is 16.3. The molecule has 29 heavy (non-hydrogen) atoms. The number of nitrogens with zero attached hydrogens (tertiary/aromatic N) is 1. The summed E-state index contributed by atoms with van der Waals surface area (Å²) >= 11 is 0. The molecule has 0 spiro atoms. The molecule has 146 valence electrons. The van der Waals surface area contributed by atoms with Gasteiger partial charge in [-0.25, -0.2) is 0 Å². The summed E-state index contributed by atoms with van der Waals surface area (Å²) < 4.78 is 5.11. The van der Waals surface area contributed by atoms with Gasteiger partial charge in [0.15, 0.2) is 5.76 Å². The lowest BCUT2D eigenvalue weighted by atomic mass is 10.0. The van der Waals surface area contributed by atoms with Gasteiger partial charge in [-0.3, -0.25) is 9.59 Å². The molecule has 3 aromatic rings. The molecule has 5 rings (SSSR count). The minimum atomic E-state index is -0.309. The van der Waals surface area contributed by atoms with Gasteiger partial charge in [0.25, 0.3) is 11.8 Å². The quantitative estimate of drug-likeness (QED) is 0.683. The van der Waals surface area contributed by atoms with Gasteiger partial charge in [0.1, 0.15) is 0 Å². The highest BCUT2D eigenvalue weighted by Gasteiger charge is 2.40. The third kappa shape index (κ3) is 3.44. The van der Waals surface area contributed by atoms with E-state index < -0.39 is 0 Å². The van der Waals surface area contributed by atoms with E-state index in [0.717, 1.165) is 25.7 Å². The first-order chi connectivity index (χ1) is 14.2. The van der Waals surface area contributed by atoms with Gasteiger partial charge in [0.05, 0.1) is 12.3 Å². The van der Waals surface area contributed by atoms with Crippen molar-refractivity contribution in [2.24, 2.45) is 0 Å². The Bertz CT molecular complexity index is 1040. The molecule has 2 aliphatic carbocycles. The Kier molecular flexibility index (Phi) is 4.43. The van der Waals surface area contributed by atoms with Crippen LogP contribution in [0.2, 0.25) is 0 Å². The number of rotatable bonds is 5. The third-order valence-corrected chi connectivity index (χ3v) is 5.75. The van der Waals surface area contributed by atoms with Gasteiger partial charge in [-0.05, 0) is 73.2 Å². The zero-order chi connectivity index (χ0) is 19.8. The number of hydrogen-bond donors (Lipinski definition) is 1. The molecular formula is C24H22N2O3. The monoisotopic (exact) mass is 386 g/mol. The normalized spacial score (nSPS) is 17.6. The first-order valence-corrected chi connectivity index (χ1v) is 10.1. The number of hydrogen-bond acceptors (Lipinski definition) is 3. The summed E-state index contributed by atoms with van der Waals surface area (Å²) in [6.45, 7) is 0. The average molecular weight is 386 g/mol. The Hall–Kier alpha value is -3.34. The number of furan rings is 1. The molecule has 1 saturated carbocycles. The maximum absolute atomic E-state index is 13.4. The molecule has 0 aliphatic heterocycles. The molecule has 2 aromatic carbocycles. The van der Waals surface area contributed by atoms with Gasteiger partial charge in [0, 0.05) is 17.3 Å². The molecule has 5 heteroatoms. The van der Waals surface area contributed by atoms with E-state index >= 15 is 0 Å². The summed E-state index contributed by atoms with van der Waals surface area (Å²) in [5.74, 6) is 0.0133. The molecule has 2 aliphatic rings. The van der Waals surface area contributed by atoms with E-state index in [0.29, 0.717) is 17.3 Å². The van der Waals surface area contributed by atoms with E-state index in [-0.39, 0.29) is 23.6 Å². The van der Waals surface area contributed by atoms with Crippen LogP contribution in [0, 0.1) is 0 Å². The number of aryl methyl sites for hydroxylation is 1. The Morgan fingerprint density at radius 1 is 0.931 bits per heavy atom. The van der Waals surface area contributed by atoms with Crippen molar-refractivity contribution in [3.63, 3.8) is 0 Å². The molecule has 2 amide bonds. The molecule has 0 saturated heterocycles. The van der Waals surface area contributed by atoms with Gasteiger partial charge in [0.2, 0.25) is 0 Å². The molecule has 1 fully saturated rings. The average Bonchev–Trinajstić information content (AvgIpc) is 3.25. The standard InChI is InChI=1S/C24H22N2O3/c27-23(22-6-3-15-29-22)25-18-10-7-17(8-11-18)24(28)26(19-12-13-19)21-14-9-16-4-1-2-5-20(16)21/h1-8,10-11,15,19,21H,9,12-14H2,(H,25,27)/t21-/m0/s1. The number of carbonyl (C=O) groups is 2. The van der Waals surface area contributed by atoms with E-state index in [4.69, 9.17) is 4.42 Å². The van der Waals surface area contributed by atoms with Crippen molar-refractivity contribution < 1.29 is 14.0 Å².